The monoisotopic (exact) mass is 235 g/mol. The Morgan fingerprint density at radius 1 is 1.56 bits per heavy atom. The molecule has 0 amide bonds. The van der Waals surface area contributed by atoms with Crippen LogP contribution in [0.3, 0.4) is 0 Å². The van der Waals surface area contributed by atoms with Crippen molar-refractivity contribution in [2.75, 3.05) is 6.61 Å². The summed E-state index contributed by atoms with van der Waals surface area (Å²) < 4.78 is 5.54. The molecule has 0 bridgehead atoms. The topological polar surface area (TPSA) is 59.6 Å². The number of hydrogen-bond donors (Lipinski definition) is 2. The minimum atomic E-state index is 0.174. The SMILES string of the molecule is Cc1ccc2c(c1)/C(=N/NC(N)=S)CCO2. The molecule has 1 aliphatic heterocycles. The summed E-state index contributed by atoms with van der Waals surface area (Å²) in [6.07, 6.45) is 0.756. The highest BCUT2D eigenvalue weighted by Crippen LogP contribution is 2.25. The second-order valence-corrected chi connectivity index (χ2v) is 4.07. The average Bonchev–Trinajstić information content (AvgIpc) is 2.26. The summed E-state index contributed by atoms with van der Waals surface area (Å²) in [7, 11) is 0. The lowest BCUT2D eigenvalue weighted by atomic mass is 10.0. The lowest BCUT2D eigenvalue weighted by Gasteiger charge is -2.19. The third-order valence-electron chi connectivity index (χ3n) is 2.34. The Kier molecular flexibility index (Phi) is 3.05. The molecule has 0 unspecified atom stereocenters. The summed E-state index contributed by atoms with van der Waals surface area (Å²) >= 11 is 4.72. The van der Waals surface area contributed by atoms with Crippen molar-refractivity contribution in [3.05, 3.63) is 29.3 Å². The molecule has 0 aromatic heterocycles. The molecule has 16 heavy (non-hydrogen) atoms. The van der Waals surface area contributed by atoms with E-state index in [0.29, 0.717) is 6.61 Å². The zero-order chi connectivity index (χ0) is 11.5. The van der Waals surface area contributed by atoms with E-state index in [9.17, 15) is 0 Å². The van der Waals surface area contributed by atoms with Crippen molar-refractivity contribution >= 4 is 23.0 Å². The molecule has 1 heterocycles. The molecule has 1 aromatic rings. The Labute approximate surface area is 99.5 Å². The number of hydrazone groups is 1. The van der Waals surface area contributed by atoms with Crippen LogP contribution in [0.15, 0.2) is 23.3 Å². The predicted molar refractivity (Wildman–Crippen MR) is 67.7 cm³/mol. The first-order valence-electron chi connectivity index (χ1n) is 5.02. The molecule has 0 radical (unpaired) electrons. The van der Waals surface area contributed by atoms with Crippen molar-refractivity contribution < 1.29 is 4.74 Å². The minimum absolute atomic E-state index is 0.174. The van der Waals surface area contributed by atoms with E-state index in [2.05, 4.69) is 16.6 Å². The summed E-state index contributed by atoms with van der Waals surface area (Å²) in [5, 5.41) is 4.36. The van der Waals surface area contributed by atoms with Gasteiger partial charge in [0.25, 0.3) is 0 Å². The van der Waals surface area contributed by atoms with Gasteiger partial charge >= 0.3 is 0 Å². The largest absolute Gasteiger partial charge is 0.492 e. The van der Waals surface area contributed by atoms with Gasteiger partial charge in [-0.25, -0.2) is 0 Å². The summed E-state index contributed by atoms with van der Waals surface area (Å²) in [6.45, 7) is 2.67. The zero-order valence-corrected chi connectivity index (χ0v) is 9.80. The van der Waals surface area contributed by atoms with Gasteiger partial charge in [0.05, 0.1) is 12.3 Å². The summed E-state index contributed by atoms with van der Waals surface area (Å²) in [5.74, 6) is 0.861. The molecule has 2 rings (SSSR count). The zero-order valence-electron chi connectivity index (χ0n) is 8.99. The molecule has 3 N–H and O–H groups in total. The van der Waals surface area contributed by atoms with E-state index >= 15 is 0 Å². The van der Waals surface area contributed by atoms with Crippen LogP contribution in [0, 0.1) is 6.92 Å². The molecule has 5 heteroatoms. The van der Waals surface area contributed by atoms with E-state index in [4.69, 9.17) is 22.7 Å². The van der Waals surface area contributed by atoms with Gasteiger partial charge in [0.15, 0.2) is 5.11 Å². The Hall–Kier alpha value is -1.62. The van der Waals surface area contributed by atoms with Crippen LogP contribution in [0.1, 0.15) is 17.5 Å². The van der Waals surface area contributed by atoms with Gasteiger partial charge in [-0.1, -0.05) is 11.6 Å². The Bertz CT molecular complexity index is 457. The minimum Gasteiger partial charge on any atom is -0.492 e. The smallest absolute Gasteiger partial charge is 0.184 e. The van der Waals surface area contributed by atoms with Gasteiger partial charge < -0.3 is 10.5 Å². The van der Waals surface area contributed by atoms with E-state index in [0.717, 1.165) is 23.4 Å². The highest BCUT2D eigenvalue weighted by atomic mass is 32.1. The maximum Gasteiger partial charge on any atom is 0.184 e. The van der Waals surface area contributed by atoms with Crippen molar-refractivity contribution in [2.45, 2.75) is 13.3 Å². The Morgan fingerprint density at radius 3 is 3.12 bits per heavy atom. The first kappa shape index (κ1) is 10.9. The van der Waals surface area contributed by atoms with Crippen molar-refractivity contribution in [1.29, 1.82) is 0 Å². The molecule has 4 nitrogen and oxygen atoms in total. The van der Waals surface area contributed by atoms with E-state index in [-0.39, 0.29) is 5.11 Å². The molecule has 0 spiro atoms. The second-order valence-electron chi connectivity index (χ2n) is 3.63. The van der Waals surface area contributed by atoms with E-state index < -0.39 is 0 Å². The van der Waals surface area contributed by atoms with Crippen molar-refractivity contribution in [1.82, 2.24) is 5.43 Å². The summed E-state index contributed by atoms with van der Waals surface area (Å²) in [4.78, 5) is 0. The van der Waals surface area contributed by atoms with E-state index in [1.54, 1.807) is 0 Å². The van der Waals surface area contributed by atoms with E-state index in [1.165, 1.54) is 5.56 Å². The lowest BCUT2D eigenvalue weighted by molar-refractivity contribution is 0.320. The van der Waals surface area contributed by atoms with Crippen LogP contribution in [0.25, 0.3) is 0 Å². The van der Waals surface area contributed by atoms with Gasteiger partial charge in [0, 0.05) is 12.0 Å². The maximum atomic E-state index is 5.54. The molecule has 1 aliphatic rings. The normalized spacial score (nSPS) is 16.4. The molecule has 0 saturated heterocycles. The molecular formula is C11H13N3OS. The second kappa shape index (κ2) is 4.49. The van der Waals surface area contributed by atoms with Gasteiger partial charge in [-0.3, -0.25) is 5.43 Å². The van der Waals surface area contributed by atoms with Crippen LogP contribution in [-0.4, -0.2) is 17.4 Å². The number of fused-ring (bicyclic) bond motifs is 1. The molecule has 0 fully saturated rings. The lowest BCUT2D eigenvalue weighted by Crippen LogP contribution is -2.27. The molecular weight excluding hydrogens is 222 g/mol. The maximum absolute atomic E-state index is 5.54. The summed E-state index contributed by atoms with van der Waals surface area (Å²) in [5.41, 5.74) is 11.1. The fraction of sp³-hybridized carbons (Fsp3) is 0.273. The number of thiocarbonyl (C=S) groups is 1. The Balaban J connectivity index is 2.35. The first-order chi connectivity index (χ1) is 7.66. The number of benzene rings is 1. The van der Waals surface area contributed by atoms with Crippen LogP contribution < -0.4 is 15.9 Å². The average molecular weight is 235 g/mol. The molecule has 1 aromatic carbocycles. The van der Waals surface area contributed by atoms with Crippen LogP contribution in [0.4, 0.5) is 0 Å². The highest BCUT2D eigenvalue weighted by molar-refractivity contribution is 7.80. The van der Waals surface area contributed by atoms with Crippen LogP contribution >= 0.6 is 12.2 Å². The number of aryl methyl sites for hydroxylation is 1. The molecule has 84 valence electrons. The number of nitrogens with two attached hydrogens (primary N) is 1. The van der Waals surface area contributed by atoms with Crippen LogP contribution in [-0.2, 0) is 0 Å². The molecule has 0 atom stereocenters. The number of rotatable bonds is 1. The fourth-order valence-electron chi connectivity index (χ4n) is 1.63. The van der Waals surface area contributed by atoms with Crippen LogP contribution in [0.2, 0.25) is 0 Å². The highest BCUT2D eigenvalue weighted by Gasteiger charge is 2.16. The third-order valence-corrected chi connectivity index (χ3v) is 2.43. The van der Waals surface area contributed by atoms with Gasteiger partial charge in [-0.15, -0.1) is 0 Å². The van der Waals surface area contributed by atoms with Crippen LogP contribution in [0.5, 0.6) is 5.75 Å². The van der Waals surface area contributed by atoms with Crippen molar-refractivity contribution in [3.63, 3.8) is 0 Å². The van der Waals surface area contributed by atoms with E-state index in [1.807, 2.05) is 19.1 Å². The van der Waals surface area contributed by atoms with Gasteiger partial charge in [0.2, 0.25) is 0 Å². The fourth-order valence-corrected chi connectivity index (χ4v) is 1.67. The molecule has 0 aliphatic carbocycles. The molecule has 0 saturated carbocycles. The van der Waals surface area contributed by atoms with Gasteiger partial charge in [-0.2, -0.15) is 5.10 Å². The quantitative estimate of drug-likeness (QED) is 0.569. The van der Waals surface area contributed by atoms with Gasteiger partial charge in [-0.05, 0) is 31.3 Å². The van der Waals surface area contributed by atoms with Gasteiger partial charge in [0.1, 0.15) is 5.75 Å². The number of ether oxygens (including phenoxy) is 1. The van der Waals surface area contributed by atoms with Crippen molar-refractivity contribution in [2.24, 2.45) is 10.8 Å². The first-order valence-corrected chi connectivity index (χ1v) is 5.43. The standard InChI is InChI=1S/C11H13N3OS/c1-7-2-3-10-8(6-7)9(4-5-15-10)13-14-11(12)16/h2-3,6H,4-5H2,1H3,(H3,12,14,16)/b13-9+. The number of nitrogens with one attached hydrogen (secondary N) is 1. The third kappa shape index (κ3) is 2.30. The summed E-state index contributed by atoms with van der Waals surface area (Å²) in [6, 6.07) is 6.03. The number of nitrogens with zero attached hydrogens (tertiary/aromatic N) is 1. The predicted octanol–water partition coefficient (Wildman–Crippen LogP) is 1.31. The Morgan fingerprint density at radius 2 is 2.38 bits per heavy atom. The number of hydrogen-bond acceptors (Lipinski definition) is 3. The van der Waals surface area contributed by atoms with Crippen molar-refractivity contribution in [3.8, 4) is 5.75 Å².